The van der Waals surface area contributed by atoms with Gasteiger partial charge in [-0.05, 0) is 12.1 Å². The molecule has 0 aliphatic rings. The zero-order valence-electron chi connectivity index (χ0n) is 13.7. The minimum Gasteiger partial charge on any atom is -0.497 e. The van der Waals surface area contributed by atoms with Gasteiger partial charge in [-0.1, -0.05) is 0 Å². The van der Waals surface area contributed by atoms with Crippen molar-refractivity contribution in [1.82, 2.24) is 4.98 Å². The van der Waals surface area contributed by atoms with E-state index in [9.17, 15) is 4.79 Å². The predicted molar refractivity (Wildman–Crippen MR) is 90.4 cm³/mol. The number of hydrogen-bond acceptors (Lipinski definition) is 6. The molecule has 0 spiro atoms. The topological polar surface area (TPSA) is 87.5 Å². The number of nitrogens with one attached hydrogen (secondary N) is 1. The van der Waals surface area contributed by atoms with Crippen LogP contribution in [0.4, 0.5) is 11.5 Å². The fourth-order valence-electron chi connectivity index (χ4n) is 2.16. The lowest BCUT2D eigenvalue weighted by Gasteiger charge is -2.18. The molecule has 0 saturated carbocycles. The molecule has 0 aliphatic carbocycles. The highest BCUT2D eigenvalue weighted by molar-refractivity contribution is 5.94. The third kappa shape index (κ3) is 4.14. The summed E-state index contributed by atoms with van der Waals surface area (Å²) in [4.78, 5) is 18.0. The normalized spacial score (nSPS) is 9.75. The van der Waals surface area contributed by atoms with Crippen LogP contribution in [0, 0.1) is 11.3 Å². The summed E-state index contributed by atoms with van der Waals surface area (Å²) in [6.07, 6.45) is 1.58. The van der Waals surface area contributed by atoms with Gasteiger partial charge >= 0.3 is 0 Å². The first-order valence-corrected chi connectivity index (χ1v) is 7.16. The van der Waals surface area contributed by atoms with Crippen molar-refractivity contribution in [1.29, 1.82) is 5.26 Å². The molecule has 0 saturated heterocycles. The molecule has 0 radical (unpaired) electrons. The lowest BCUT2D eigenvalue weighted by Crippen LogP contribution is -2.31. The summed E-state index contributed by atoms with van der Waals surface area (Å²) < 4.78 is 10.3. The molecule has 2 aromatic rings. The molecule has 0 unspecified atom stereocenters. The van der Waals surface area contributed by atoms with Crippen LogP contribution in [0.15, 0.2) is 36.5 Å². The van der Waals surface area contributed by atoms with Gasteiger partial charge in [0.05, 0.1) is 26.3 Å². The molecule has 1 N–H and O–H groups in total. The lowest BCUT2D eigenvalue weighted by atomic mass is 10.2. The van der Waals surface area contributed by atoms with E-state index in [1.54, 1.807) is 62.7 Å². The Kier molecular flexibility index (Phi) is 5.58. The Labute approximate surface area is 140 Å². The van der Waals surface area contributed by atoms with Gasteiger partial charge in [0.15, 0.2) is 0 Å². The standard InChI is InChI=1S/C17H18N4O3/c1-21(17-12(10-18)5-4-6-19-17)11-16(22)20-13-7-14(23-2)9-15(8-13)24-3/h4-9H,11H2,1-3H3,(H,20,22). The van der Waals surface area contributed by atoms with Gasteiger partial charge in [-0.3, -0.25) is 4.79 Å². The number of hydrogen-bond donors (Lipinski definition) is 1. The monoisotopic (exact) mass is 326 g/mol. The van der Waals surface area contributed by atoms with Crippen molar-refractivity contribution in [2.45, 2.75) is 0 Å². The highest BCUT2D eigenvalue weighted by Crippen LogP contribution is 2.25. The number of carbonyl (C=O) groups excluding carboxylic acids is 1. The number of methoxy groups -OCH3 is 2. The fraction of sp³-hybridized carbons (Fsp3) is 0.235. The number of anilines is 2. The second-order valence-corrected chi connectivity index (χ2v) is 4.99. The molecule has 7 heteroatoms. The van der Waals surface area contributed by atoms with Crippen LogP contribution in [0.1, 0.15) is 5.56 Å². The molecule has 1 aromatic heterocycles. The summed E-state index contributed by atoms with van der Waals surface area (Å²) in [5.41, 5.74) is 0.974. The Morgan fingerprint density at radius 3 is 2.54 bits per heavy atom. The maximum atomic E-state index is 12.2. The average Bonchev–Trinajstić information content (AvgIpc) is 2.60. The molecule has 0 fully saturated rings. The largest absolute Gasteiger partial charge is 0.497 e. The molecule has 0 atom stereocenters. The van der Waals surface area contributed by atoms with Crippen LogP contribution in [-0.2, 0) is 4.79 Å². The maximum Gasteiger partial charge on any atom is 0.243 e. The number of likely N-dealkylation sites (N-methyl/N-ethyl adjacent to an activating group) is 1. The summed E-state index contributed by atoms with van der Waals surface area (Å²) >= 11 is 0. The zero-order valence-corrected chi connectivity index (χ0v) is 13.7. The van der Waals surface area contributed by atoms with E-state index in [0.717, 1.165) is 0 Å². The van der Waals surface area contributed by atoms with Crippen LogP contribution in [0.2, 0.25) is 0 Å². The minimum atomic E-state index is -0.248. The van der Waals surface area contributed by atoms with Crippen molar-refractivity contribution in [2.75, 3.05) is 38.0 Å². The number of nitrogens with zero attached hydrogens (tertiary/aromatic N) is 3. The smallest absolute Gasteiger partial charge is 0.243 e. The van der Waals surface area contributed by atoms with Crippen molar-refractivity contribution >= 4 is 17.4 Å². The Bertz CT molecular complexity index is 748. The molecule has 1 heterocycles. The fourth-order valence-corrected chi connectivity index (χ4v) is 2.16. The number of carbonyl (C=O) groups is 1. The number of amides is 1. The van der Waals surface area contributed by atoms with Gasteiger partial charge < -0.3 is 19.7 Å². The summed E-state index contributed by atoms with van der Waals surface area (Å²) in [5, 5.41) is 11.9. The van der Waals surface area contributed by atoms with E-state index in [4.69, 9.17) is 14.7 Å². The third-order valence-electron chi connectivity index (χ3n) is 3.28. The van der Waals surface area contributed by atoms with Crippen molar-refractivity contribution in [3.05, 3.63) is 42.1 Å². The first-order chi connectivity index (χ1) is 11.6. The van der Waals surface area contributed by atoms with Crippen LogP contribution < -0.4 is 19.7 Å². The van der Waals surface area contributed by atoms with E-state index >= 15 is 0 Å². The van der Waals surface area contributed by atoms with Gasteiger partial charge in [-0.15, -0.1) is 0 Å². The number of ether oxygens (including phenoxy) is 2. The van der Waals surface area contributed by atoms with Gasteiger partial charge in [0.25, 0.3) is 0 Å². The quantitative estimate of drug-likeness (QED) is 0.874. The average molecular weight is 326 g/mol. The molecular formula is C17H18N4O3. The van der Waals surface area contributed by atoms with E-state index in [-0.39, 0.29) is 12.5 Å². The second-order valence-electron chi connectivity index (χ2n) is 4.99. The Hall–Kier alpha value is -3.27. The maximum absolute atomic E-state index is 12.2. The Balaban J connectivity index is 2.09. The van der Waals surface area contributed by atoms with Gasteiger partial charge in [-0.2, -0.15) is 5.26 Å². The Morgan fingerprint density at radius 2 is 1.96 bits per heavy atom. The SMILES string of the molecule is COc1cc(NC(=O)CN(C)c2ncccc2C#N)cc(OC)c1. The second kappa shape index (κ2) is 7.83. The first-order valence-electron chi connectivity index (χ1n) is 7.16. The number of benzene rings is 1. The van der Waals surface area contributed by atoms with Gasteiger partial charge in [0.1, 0.15) is 23.4 Å². The van der Waals surface area contributed by atoms with Crippen molar-refractivity contribution in [3.63, 3.8) is 0 Å². The van der Waals surface area contributed by atoms with E-state index in [1.807, 2.05) is 0 Å². The van der Waals surface area contributed by atoms with Crippen molar-refractivity contribution in [2.24, 2.45) is 0 Å². The predicted octanol–water partition coefficient (Wildman–Crippen LogP) is 2.05. The lowest BCUT2D eigenvalue weighted by molar-refractivity contribution is -0.114. The van der Waals surface area contributed by atoms with Gasteiger partial charge in [-0.25, -0.2) is 4.98 Å². The molecule has 2 rings (SSSR count). The van der Waals surface area contributed by atoms with E-state index in [1.165, 1.54) is 0 Å². The van der Waals surface area contributed by atoms with Crippen LogP contribution in [-0.4, -0.2) is 38.7 Å². The van der Waals surface area contributed by atoms with Gasteiger partial charge in [0.2, 0.25) is 5.91 Å². The van der Waals surface area contributed by atoms with Crippen LogP contribution in [0.5, 0.6) is 11.5 Å². The minimum absolute atomic E-state index is 0.0468. The van der Waals surface area contributed by atoms with Crippen LogP contribution in [0.25, 0.3) is 0 Å². The summed E-state index contributed by atoms with van der Waals surface area (Å²) in [5.74, 6) is 1.37. The van der Waals surface area contributed by atoms with E-state index in [2.05, 4.69) is 16.4 Å². The van der Waals surface area contributed by atoms with Crippen LogP contribution >= 0.6 is 0 Å². The number of nitriles is 1. The first kappa shape index (κ1) is 17.1. The molecule has 7 nitrogen and oxygen atoms in total. The molecule has 124 valence electrons. The molecular weight excluding hydrogens is 308 g/mol. The molecule has 0 aliphatic heterocycles. The van der Waals surface area contributed by atoms with Crippen molar-refractivity contribution < 1.29 is 14.3 Å². The molecule has 1 aromatic carbocycles. The highest BCUT2D eigenvalue weighted by atomic mass is 16.5. The third-order valence-corrected chi connectivity index (χ3v) is 3.28. The van der Waals surface area contributed by atoms with E-state index in [0.29, 0.717) is 28.6 Å². The Morgan fingerprint density at radius 1 is 1.29 bits per heavy atom. The van der Waals surface area contributed by atoms with Crippen LogP contribution in [0.3, 0.4) is 0 Å². The molecule has 24 heavy (non-hydrogen) atoms. The summed E-state index contributed by atoms with van der Waals surface area (Å²) in [7, 11) is 4.78. The number of pyridine rings is 1. The van der Waals surface area contributed by atoms with E-state index < -0.39 is 0 Å². The summed E-state index contributed by atoms with van der Waals surface area (Å²) in [6.45, 7) is 0.0468. The molecule has 1 amide bonds. The van der Waals surface area contributed by atoms with Crippen molar-refractivity contribution in [3.8, 4) is 17.6 Å². The number of aromatic nitrogens is 1. The highest BCUT2D eigenvalue weighted by Gasteiger charge is 2.13. The summed E-state index contributed by atoms with van der Waals surface area (Å²) in [6, 6.07) is 10.5. The van der Waals surface area contributed by atoms with Gasteiger partial charge in [0, 0.05) is 37.1 Å². The number of rotatable bonds is 6. The zero-order chi connectivity index (χ0) is 17.5. The molecule has 0 bridgehead atoms.